The molecule has 2 nitrogen and oxygen atoms in total. The van der Waals surface area contributed by atoms with Gasteiger partial charge in [0.1, 0.15) is 5.72 Å². The molecule has 0 spiro atoms. The maximum atomic E-state index is 9.85. The lowest BCUT2D eigenvalue weighted by Crippen LogP contribution is -2.51. The Hall–Kier alpha value is -0.0800. The Kier molecular flexibility index (Phi) is 2.49. The van der Waals surface area contributed by atoms with Crippen LogP contribution < -0.4 is 0 Å². The van der Waals surface area contributed by atoms with E-state index in [1.54, 1.807) is 0 Å². The first-order valence-electron chi connectivity index (χ1n) is 3.59. The van der Waals surface area contributed by atoms with Crippen molar-refractivity contribution < 1.29 is 5.11 Å². The molecule has 0 aromatic heterocycles. The fourth-order valence-electron chi connectivity index (χ4n) is 0.671. The van der Waals surface area contributed by atoms with Crippen molar-refractivity contribution in [2.75, 3.05) is 14.1 Å². The maximum Gasteiger partial charge on any atom is 0.120 e. The van der Waals surface area contributed by atoms with Gasteiger partial charge in [-0.2, -0.15) is 0 Å². The highest BCUT2D eigenvalue weighted by Crippen LogP contribution is 2.30. The predicted molar refractivity (Wildman–Crippen MR) is 43.8 cm³/mol. The molecule has 0 aromatic carbocycles. The van der Waals surface area contributed by atoms with E-state index in [1.807, 2.05) is 46.7 Å². The molecule has 0 saturated heterocycles. The van der Waals surface area contributed by atoms with Crippen molar-refractivity contribution >= 4 is 0 Å². The molecule has 62 valence electrons. The van der Waals surface area contributed by atoms with Crippen molar-refractivity contribution in [3.05, 3.63) is 0 Å². The van der Waals surface area contributed by atoms with Gasteiger partial charge in [-0.15, -0.1) is 0 Å². The Morgan fingerprint density at radius 3 is 1.30 bits per heavy atom. The summed E-state index contributed by atoms with van der Waals surface area (Å²) in [4.78, 5) is 1.83. The number of rotatable bonds is 1. The third kappa shape index (κ3) is 1.70. The summed E-state index contributed by atoms with van der Waals surface area (Å²) < 4.78 is 0. The molecular formula is C8H19NO. The molecule has 0 fully saturated rings. The SMILES string of the molecule is CN(C)C(C)(O)C(C)(C)C. The first-order valence-corrected chi connectivity index (χ1v) is 3.59. The lowest BCUT2D eigenvalue weighted by Gasteiger charge is -2.42. The highest BCUT2D eigenvalue weighted by molar-refractivity contribution is 4.83. The van der Waals surface area contributed by atoms with Crippen molar-refractivity contribution in [2.24, 2.45) is 5.41 Å². The third-order valence-corrected chi connectivity index (χ3v) is 2.29. The minimum atomic E-state index is -0.729. The van der Waals surface area contributed by atoms with Gasteiger partial charge in [-0.25, -0.2) is 0 Å². The molecule has 0 rings (SSSR count). The highest BCUT2D eigenvalue weighted by atomic mass is 16.3. The largest absolute Gasteiger partial charge is 0.375 e. The first kappa shape index (κ1) is 9.92. The van der Waals surface area contributed by atoms with Crippen LogP contribution in [0.1, 0.15) is 27.7 Å². The van der Waals surface area contributed by atoms with E-state index >= 15 is 0 Å². The predicted octanol–water partition coefficient (Wildman–Crippen LogP) is 1.30. The zero-order valence-corrected chi connectivity index (χ0v) is 7.89. The standard InChI is InChI=1S/C8H19NO/c1-7(2,3)8(4,10)9(5)6/h10H,1-6H3. The summed E-state index contributed by atoms with van der Waals surface area (Å²) in [6.07, 6.45) is 0. The van der Waals surface area contributed by atoms with Gasteiger partial charge in [0, 0.05) is 5.41 Å². The molecule has 0 saturated carbocycles. The van der Waals surface area contributed by atoms with Gasteiger partial charge in [0.05, 0.1) is 0 Å². The average molecular weight is 145 g/mol. The molecule has 0 aliphatic carbocycles. The number of aliphatic hydroxyl groups is 1. The summed E-state index contributed by atoms with van der Waals surface area (Å²) in [5, 5.41) is 9.85. The van der Waals surface area contributed by atoms with Gasteiger partial charge >= 0.3 is 0 Å². The monoisotopic (exact) mass is 145 g/mol. The molecule has 0 aliphatic heterocycles. The molecule has 1 N–H and O–H groups in total. The summed E-state index contributed by atoms with van der Waals surface area (Å²) in [6, 6.07) is 0. The van der Waals surface area contributed by atoms with E-state index in [2.05, 4.69) is 0 Å². The minimum Gasteiger partial charge on any atom is -0.375 e. The molecule has 10 heavy (non-hydrogen) atoms. The van der Waals surface area contributed by atoms with E-state index in [0.29, 0.717) is 0 Å². The maximum absolute atomic E-state index is 9.85. The van der Waals surface area contributed by atoms with Crippen LogP contribution in [0.5, 0.6) is 0 Å². The van der Waals surface area contributed by atoms with Crippen molar-refractivity contribution in [1.82, 2.24) is 4.90 Å². The van der Waals surface area contributed by atoms with E-state index in [-0.39, 0.29) is 5.41 Å². The van der Waals surface area contributed by atoms with Gasteiger partial charge in [0.2, 0.25) is 0 Å². The van der Waals surface area contributed by atoms with E-state index in [9.17, 15) is 5.11 Å². The molecule has 0 radical (unpaired) electrons. The van der Waals surface area contributed by atoms with Crippen molar-refractivity contribution in [3.63, 3.8) is 0 Å². The number of hydrogen-bond donors (Lipinski definition) is 1. The van der Waals surface area contributed by atoms with Crippen molar-refractivity contribution in [3.8, 4) is 0 Å². The summed E-state index contributed by atoms with van der Waals surface area (Å²) in [7, 11) is 3.76. The molecule has 0 amide bonds. The second-order valence-corrected chi connectivity index (χ2v) is 4.17. The molecule has 1 atom stereocenters. The third-order valence-electron chi connectivity index (χ3n) is 2.29. The van der Waals surface area contributed by atoms with Crippen LogP contribution in [-0.2, 0) is 0 Å². The van der Waals surface area contributed by atoms with Crippen LogP contribution in [0, 0.1) is 5.41 Å². The summed E-state index contributed by atoms with van der Waals surface area (Å²) in [6.45, 7) is 7.89. The topological polar surface area (TPSA) is 23.5 Å². The molecular weight excluding hydrogens is 126 g/mol. The lowest BCUT2D eigenvalue weighted by atomic mass is 9.83. The van der Waals surface area contributed by atoms with E-state index < -0.39 is 5.72 Å². The Labute approximate surface area is 63.8 Å². The Balaban J connectivity index is 4.40. The fraction of sp³-hybridized carbons (Fsp3) is 1.00. The zero-order chi connectivity index (χ0) is 8.58. The molecule has 1 unspecified atom stereocenters. The fourth-order valence-corrected chi connectivity index (χ4v) is 0.671. The van der Waals surface area contributed by atoms with Gasteiger partial charge in [-0.05, 0) is 21.0 Å². The minimum absolute atomic E-state index is 0.101. The van der Waals surface area contributed by atoms with Crippen LogP contribution >= 0.6 is 0 Å². The van der Waals surface area contributed by atoms with Crippen molar-refractivity contribution in [1.29, 1.82) is 0 Å². The summed E-state index contributed by atoms with van der Waals surface area (Å²) in [5.74, 6) is 0. The van der Waals surface area contributed by atoms with Crippen LogP contribution in [0.3, 0.4) is 0 Å². The number of nitrogens with zero attached hydrogens (tertiary/aromatic N) is 1. The van der Waals surface area contributed by atoms with Crippen LogP contribution in [0.2, 0.25) is 0 Å². The molecule has 0 aromatic rings. The summed E-state index contributed by atoms with van der Waals surface area (Å²) >= 11 is 0. The zero-order valence-electron chi connectivity index (χ0n) is 7.89. The van der Waals surface area contributed by atoms with Crippen LogP contribution in [0.15, 0.2) is 0 Å². The van der Waals surface area contributed by atoms with Crippen LogP contribution in [0.4, 0.5) is 0 Å². The van der Waals surface area contributed by atoms with Crippen LogP contribution in [0.25, 0.3) is 0 Å². The van der Waals surface area contributed by atoms with Crippen LogP contribution in [-0.4, -0.2) is 29.8 Å². The molecule has 2 heteroatoms. The average Bonchev–Trinajstić information content (AvgIpc) is 1.62. The normalized spacial score (nSPS) is 19.2. The van der Waals surface area contributed by atoms with Crippen molar-refractivity contribution in [2.45, 2.75) is 33.4 Å². The summed E-state index contributed by atoms with van der Waals surface area (Å²) in [5.41, 5.74) is -0.830. The van der Waals surface area contributed by atoms with E-state index in [1.165, 1.54) is 0 Å². The van der Waals surface area contributed by atoms with Gasteiger partial charge in [0.15, 0.2) is 0 Å². The number of hydrogen-bond acceptors (Lipinski definition) is 2. The van der Waals surface area contributed by atoms with Gasteiger partial charge in [0.25, 0.3) is 0 Å². The highest BCUT2D eigenvalue weighted by Gasteiger charge is 2.36. The van der Waals surface area contributed by atoms with E-state index in [4.69, 9.17) is 0 Å². The Morgan fingerprint density at radius 1 is 1.00 bits per heavy atom. The first-order chi connectivity index (χ1) is 4.19. The molecule has 0 heterocycles. The van der Waals surface area contributed by atoms with Gasteiger partial charge in [-0.3, -0.25) is 4.90 Å². The molecule has 0 aliphatic rings. The van der Waals surface area contributed by atoms with Gasteiger partial charge < -0.3 is 5.11 Å². The quantitative estimate of drug-likeness (QED) is 0.562. The van der Waals surface area contributed by atoms with E-state index in [0.717, 1.165) is 0 Å². The second-order valence-electron chi connectivity index (χ2n) is 4.17. The Bertz CT molecular complexity index is 111. The second kappa shape index (κ2) is 2.51. The lowest BCUT2D eigenvalue weighted by molar-refractivity contribution is -0.143. The smallest absolute Gasteiger partial charge is 0.120 e. The molecule has 0 bridgehead atoms. The Morgan fingerprint density at radius 2 is 1.30 bits per heavy atom. The van der Waals surface area contributed by atoms with Gasteiger partial charge in [-0.1, -0.05) is 20.8 Å².